The highest BCUT2D eigenvalue weighted by Crippen LogP contribution is 2.30. The predicted octanol–water partition coefficient (Wildman–Crippen LogP) is 5.83. The molecule has 1 nitrogen and oxygen atoms in total. The van der Waals surface area contributed by atoms with Crippen molar-refractivity contribution in [2.24, 2.45) is 0 Å². The molecule has 1 N–H and O–H groups in total. The van der Waals surface area contributed by atoms with E-state index < -0.39 is 0 Å². The third-order valence-corrected chi connectivity index (χ3v) is 4.33. The zero-order valence-corrected chi connectivity index (χ0v) is 13.9. The van der Waals surface area contributed by atoms with Crippen molar-refractivity contribution in [3.63, 3.8) is 0 Å². The van der Waals surface area contributed by atoms with E-state index in [2.05, 4.69) is 89.7 Å². The first-order valence-electron chi connectivity index (χ1n) is 7.12. The molecule has 0 aliphatic heterocycles. The summed E-state index contributed by atoms with van der Waals surface area (Å²) in [6.07, 6.45) is 0. The lowest BCUT2D eigenvalue weighted by molar-refractivity contribution is 1.13. The standard InChI is InChI=1S/C19H18BrN/c1-13-9-14(2)11-15(10-13)12-21-19-8-7-18(20)16-5-3-4-6-17(16)19/h3-11,21H,12H2,1-2H3. The maximum absolute atomic E-state index is 3.62. The van der Waals surface area contributed by atoms with Crippen LogP contribution in [0.4, 0.5) is 5.69 Å². The first-order valence-corrected chi connectivity index (χ1v) is 7.91. The lowest BCUT2D eigenvalue weighted by Crippen LogP contribution is -2.01. The highest BCUT2D eigenvalue weighted by molar-refractivity contribution is 9.10. The van der Waals surface area contributed by atoms with Crippen molar-refractivity contribution >= 4 is 32.4 Å². The van der Waals surface area contributed by atoms with Gasteiger partial charge in [-0.25, -0.2) is 0 Å². The van der Waals surface area contributed by atoms with Crippen molar-refractivity contribution in [1.29, 1.82) is 0 Å². The van der Waals surface area contributed by atoms with Gasteiger partial charge in [-0.05, 0) is 36.9 Å². The molecule has 3 aromatic carbocycles. The van der Waals surface area contributed by atoms with E-state index in [9.17, 15) is 0 Å². The van der Waals surface area contributed by atoms with Crippen LogP contribution in [0.25, 0.3) is 10.8 Å². The van der Waals surface area contributed by atoms with Gasteiger partial charge in [0.15, 0.2) is 0 Å². The van der Waals surface area contributed by atoms with Gasteiger partial charge in [0.1, 0.15) is 0 Å². The van der Waals surface area contributed by atoms with Crippen LogP contribution in [0.2, 0.25) is 0 Å². The number of benzene rings is 3. The summed E-state index contributed by atoms with van der Waals surface area (Å²) < 4.78 is 1.13. The van der Waals surface area contributed by atoms with Crippen molar-refractivity contribution in [2.75, 3.05) is 5.32 Å². The van der Waals surface area contributed by atoms with Gasteiger partial charge < -0.3 is 5.32 Å². The van der Waals surface area contributed by atoms with E-state index in [1.807, 2.05) is 0 Å². The molecule has 0 aliphatic carbocycles. The van der Waals surface area contributed by atoms with Gasteiger partial charge in [-0.2, -0.15) is 0 Å². The highest BCUT2D eigenvalue weighted by atomic mass is 79.9. The molecule has 0 saturated carbocycles. The van der Waals surface area contributed by atoms with Crippen LogP contribution in [0.3, 0.4) is 0 Å². The summed E-state index contributed by atoms with van der Waals surface area (Å²) in [6, 6.07) is 19.4. The monoisotopic (exact) mass is 339 g/mol. The fraction of sp³-hybridized carbons (Fsp3) is 0.158. The fourth-order valence-electron chi connectivity index (χ4n) is 2.78. The zero-order valence-electron chi connectivity index (χ0n) is 12.3. The average molecular weight is 340 g/mol. The van der Waals surface area contributed by atoms with Crippen LogP contribution in [-0.2, 0) is 6.54 Å². The smallest absolute Gasteiger partial charge is 0.0423 e. The number of halogens is 1. The second-order valence-corrected chi connectivity index (χ2v) is 6.34. The summed E-state index contributed by atoms with van der Waals surface area (Å²) in [5.41, 5.74) is 5.12. The summed E-state index contributed by atoms with van der Waals surface area (Å²) in [6.45, 7) is 5.13. The number of nitrogens with one attached hydrogen (secondary N) is 1. The third-order valence-electron chi connectivity index (χ3n) is 3.64. The molecule has 0 saturated heterocycles. The molecule has 0 radical (unpaired) electrons. The first kappa shape index (κ1) is 14.2. The minimum atomic E-state index is 0.841. The topological polar surface area (TPSA) is 12.0 Å². The van der Waals surface area contributed by atoms with Crippen LogP contribution < -0.4 is 5.32 Å². The molecule has 2 heteroatoms. The Kier molecular flexibility index (Phi) is 3.98. The summed E-state index contributed by atoms with van der Waals surface area (Å²) >= 11 is 3.62. The molecule has 0 aliphatic rings. The van der Waals surface area contributed by atoms with Crippen molar-refractivity contribution in [1.82, 2.24) is 0 Å². The second kappa shape index (κ2) is 5.90. The SMILES string of the molecule is Cc1cc(C)cc(CNc2ccc(Br)c3ccccc23)c1. The van der Waals surface area contributed by atoms with Gasteiger partial charge in [0.2, 0.25) is 0 Å². The zero-order chi connectivity index (χ0) is 14.8. The van der Waals surface area contributed by atoms with Crippen molar-refractivity contribution in [3.05, 3.63) is 75.8 Å². The number of anilines is 1. The van der Waals surface area contributed by atoms with Gasteiger partial charge in [0.25, 0.3) is 0 Å². The normalized spacial score (nSPS) is 10.8. The van der Waals surface area contributed by atoms with E-state index in [0.29, 0.717) is 0 Å². The summed E-state index contributed by atoms with van der Waals surface area (Å²) in [7, 11) is 0. The molecule has 21 heavy (non-hydrogen) atoms. The maximum atomic E-state index is 3.62. The van der Waals surface area contributed by atoms with Gasteiger partial charge in [0.05, 0.1) is 0 Å². The van der Waals surface area contributed by atoms with Gasteiger partial charge in [-0.1, -0.05) is 69.5 Å². The maximum Gasteiger partial charge on any atom is 0.0423 e. The molecular formula is C19H18BrN. The number of hydrogen-bond donors (Lipinski definition) is 1. The lowest BCUT2D eigenvalue weighted by Gasteiger charge is -2.12. The van der Waals surface area contributed by atoms with Crippen LogP contribution in [0.1, 0.15) is 16.7 Å². The van der Waals surface area contributed by atoms with E-state index in [1.165, 1.54) is 33.2 Å². The van der Waals surface area contributed by atoms with Crippen LogP contribution >= 0.6 is 15.9 Å². The van der Waals surface area contributed by atoms with E-state index in [0.717, 1.165) is 11.0 Å². The molecule has 0 spiro atoms. The Hall–Kier alpha value is -1.80. The molecular weight excluding hydrogens is 322 g/mol. The fourth-order valence-corrected chi connectivity index (χ4v) is 3.26. The molecule has 0 heterocycles. The molecule has 106 valence electrons. The predicted molar refractivity (Wildman–Crippen MR) is 94.9 cm³/mol. The average Bonchev–Trinajstić information content (AvgIpc) is 2.46. The van der Waals surface area contributed by atoms with Gasteiger partial charge in [0, 0.05) is 22.1 Å². The largest absolute Gasteiger partial charge is 0.380 e. The van der Waals surface area contributed by atoms with E-state index in [1.54, 1.807) is 0 Å². The number of fused-ring (bicyclic) bond motifs is 1. The van der Waals surface area contributed by atoms with Crippen molar-refractivity contribution in [3.8, 4) is 0 Å². The van der Waals surface area contributed by atoms with Gasteiger partial charge in [-0.15, -0.1) is 0 Å². The minimum Gasteiger partial charge on any atom is -0.380 e. The Morgan fingerprint density at radius 1 is 0.857 bits per heavy atom. The Balaban J connectivity index is 1.90. The molecule has 3 rings (SSSR count). The summed E-state index contributed by atoms with van der Waals surface area (Å²) in [5.74, 6) is 0. The minimum absolute atomic E-state index is 0.841. The van der Waals surface area contributed by atoms with E-state index in [-0.39, 0.29) is 0 Å². The molecule has 3 aromatic rings. The quantitative estimate of drug-likeness (QED) is 0.632. The molecule has 0 unspecified atom stereocenters. The van der Waals surface area contributed by atoms with Gasteiger partial charge >= 0.3 is 0 Å². The van der Waals surface area contributed by atoms with E-state index >= 15 is 0 Å². The third kappa shape index (κ3) is 3.11. The summed E-state index contributed by atoms with van der Waals surface area (Å²) in [4.78, 5) is 0. The van der Waals surface area contributed by atoms with E-state index in [4.69, 9.17) is 0 Å². The number of rotatable bonds is 3. The van der Waals surface area contributed by atoms with Crippen molar-refractivity contribution in [2.45, 2.75) is 20.4 Å². The highest BCUT2D eigenvalue weighted by Gasteiger charge is 2.04. The summed E-state index contributed by atoms with van der Waals surface area (Å²) in [5, 5.41) is 6.05. The molecule has 0 bridgehead atoms. The molecule has 0 amide bonds. The van der Waals surface area contributed by atoms with Crippen LogP contribution in [0.15, 0.2) is 59.1 Å². The Bertz CT molecular complexity index is 772. The van der Waals surface area contributed by atoms with Crippen LogP contribution in [0, 0.1) is 13.8 Å². The Morgan fingerprint density at radius 3 is 2.24 bits per heavy atom. The number of aryl methyl sites for hydroxylation is 2. The van der Waals surface area contributed by atoms with Crippen LogP contribution in [-0.4, -0.2) is 0 Å². The lowest BCUT2D eigenvalue weighted by atomic mass is 10.1. The Morgan fingerprint density at radius 2 is 1.52 bits per heavy atom. The molecule has 0 fully saturated rings. The molecule has 0 aromatic heterocycles. The van der Waals surface area contributed by atoms with Crippen LogP contribution in [0.5, 0.6) is 0 Å². The first-order chi connectivity index (χ1) is 10.1. The van der Waals surface area contributed by atoms with Crippen molar-refractivity contribution < 1.29 is 0 Å². The molecule has 0 atom stereocenters. The van der Waals surface area contributed by atoms with Gasteiger partial charge in [-0.3, -0.25) is 0 Å². The Labute approximate surface area is 134 Å². The number of hydrogen-bond acceptors (Lipinski definition) is 1. The second-order valence-electron chi connectivity index (χ2n) is 5.49.